The van der Waals surface area contributed by atoms with E-state index in [0.29, 0.717) is 12.7 Å². The molecule has 2 rings (SSSR count). The van der Waals surface area contributed by atoms with Crippen LogP contribution in [-0.4, -0.2) is 27.3 Å². The second kappa shape index (κ2) is 4.23. The van der Waals surface area contributed by atoms with E-state index in [1.807, 2.05) is 0 Å². The van der Waals surface area contributed by atoms with Crippen molar-refractivity contribution in [2.75, 3.05) is 0 Å². The number of ether oxygens (including phenoxy) is 1. The van der Waals surface area contributed by atoms with Gasteiger partial charge in [0.2, 0.25) is 0 Å². The maximum absolute atomic E-state index is 11.4. The van der Waals surface area contributed by atoms with Crippen LogP contribution in [0.4, 0.5) is 0 Å². The van der Waals surface area contributed by atoms with Crippen LogP contribution in [0.5, 0.6) is 0 Å². The van der Waals surface area contributed by atoms with Gasteiger partial charge in [-0.1, -0.05) is 0 Å². The van der Waals surface area contributed by atoms with E-state index in [2.05, 4.69) is 4.98 Å². The minimum absolute atomic E-state index is 0.349. The van der Waals surface area contributed by atoms with E-state index < -0.39 is 29.0 Å². The summed E-state index contributed by atoms with van der Waals surface area (Å²) in [7, 11) is 0. The summed E-state index contributed by atoms with van der Waals surface area (Å²) in [6.07, 6.45) is 0.967. The molecule has 0 unspecified atom stereocenters. The molecule has 1 aromatic rings. The van der Waals surface area contributed by atoms with Crippen molar-refractivity contribution in [3.05, 3.63) is 33.1 Å². The number of hydrogen-bond donors (Lipinski definition) is 1. The van der Waals surface area contributed by atoms with Crippen molar-refractivity contribution >= 4 is 17.9 Å². The zero-order valence-corrected chi connectivity index (χ0v) is 8.89. The fourth-order valence-corrected chi connectivity index (χ4v) is 1.97. The van der Waals surface area contributed by atoms with Crippen molar-refractivity contribution in [2.45, 2.75) is 24.1 Å². The Hall–Kier alpha value is -1.40. The number of alkyl halides is 1. The number of halogens is 1. The van der Waals surface area contributed by atoms with Crippen LogP contribution in [0, 0.1) is 0 Å². The van der Waals surface area contributed by atoms with Gasteiger partial charge in [0.15, 0.2) is 6.23 Å². The van der Waals surface area contributed by atoms with E-state index in [1.165, 1.54) is 16.8 Å². The third-order valence-corrected chi connectivity index (χ3v) is 2.75. The highest BCUT2D eigenvalue weighted by Crippen LogP contribution is 2.30. The highest BCUT2D eigenvalue weighted by atomic mass is 35.5. The lowest BCUT2D eigenvalue weighted by atomic mass is 10.2. The first-order chi connectivity index (χ1) is 7.61. The Morgan fingerprint density at radius 1 is 1.56 bits per heavy atom. The van der Waals surface area contributed by atoms with Gasteiger partial charge in [0.1, 0.15) is 12.4 Å². The van der Waals surface area contributed by atoms with Crippen molar-refractivity contribution < 1.29 is 9.53 Å². The number of nitrogens with one attached hydrogen (secondary N) is 1. The summed E-state index contributed by atoms with van der Waals surface area (Å²) in [5.74, 6) is 0. The zero-order valence-electron chi connectivity index (χ0n) is 8.13. The van der Waals surface area contributed by atoms with Gasteiger partial charge in [0.05, 0.1) is 5.38 Å². The van der Waals surface area contributed by atoms with Gasteiger partial charge >= 0.3 is 5.69 Å². The van der Waals surface area contributed by atoms with Crippen LogP contribution in [0.2, 0.25) is 0 Å². The second-order valence-electron chi connectivity index (χ2n) is 3.47. The van der Waals surface area contributed by atoms with E-state index in [1.54, 1.807) is 0 Å². The summed E-state index contributed by atoms with van der Waals surface area (Å²) in [5.41, 5.74) is -1.09. The first kappa shape index (κ1) is 11.1. The van der Waals surface area contributed by atoms with Crippen LogP contribution in [0.3, 0.4) is 0 Å². The summed E-state index contributed by atoms with van der Waals surface area (Å²) in [4.78, 5) is 34.9. The summed E-state index contributed by atoms with van der Waals surface area (Å²) < 4.78 is 6.44. The van der Waals surface area contributed by atoms with Gasteiger partial charge in [-0.3, -0.25) is 14.3 Å². The van der Waals surface area contributed by atoms with E-state index in [0.717, 1.165) is 0 Å². The molecule has 0 spiro atoms. The molecular weight excluding hydrogens is 236 g/mol. The van der Waals surface area contributed by atoms with E-state index in [4.69, 9.17) is 16.3 Å². The molecule has 2 heterocycles. The number of aromatic amines is 1. The molecule has 0 radical (unpaired) electrons. The average molecular weight is 245 g/mol. The molecule has 3 atom stereocenters. The van der Waals surface area contributed by atoms with Crippen molar-refractivity contribution in [1.29, 1.82) is 0 Å². The van der Waals surface area contributed by atoms with Crippen LogP contribution in [-0.2, 0) is 9.53 Å². The number of carbonyl (C=O) groups excluding carboxylic acids is 1. The molecule has 0 aromatic carbocycles. The molecule has 0 amide bonds. The Balaban J connectivity index is 2.35. The molecule has 7 heteroatoms. The van der Waals surface area contributed by atoms with Gasteiger partial charge in [0.25, 0.3) is 5.56 Å². The number of hydrogen-bond acceptors (Lipinski definition) is 4. The largest absolute Gasteiger partial charge is 0.346 e. The molecule has 1 aliphatic rings. The monoisotopic (exact) mass is 244 g/mol. The van der Waals surface area contributed by atoms with Crippen LogP contribution in [0.15, 0.2) is 21.9 Å². The third kappa shape index (κ3) is 1.94. The van der Waals surface area contributed by atoms with E-state index >= 15 is 0 Å². The molecular formula is C9H9ClN2O4. The maximum atomic E-state index is 11.4. The highest BCUT2D eigenvalue weighted by Gasteiger charge is 2.35. The number of aldehydes is 1. The molecule has 86 valence electrons. The lowest BCUT2D eigenvalue weighted by molar-refractivity contribution is -0.119. The minimum Gasteiger partial charge on any atom is -0.346 e. The van der Waals surface area contributed by atoms with Gasteiger partial charge in [-0.2, -0.15) is 0 Å². The molecule has 6 nitrogen and oxygen atoms in total. The van der Waals surface area contributed by atoms with Crippen LogP contribution >= 0.6 is 11.6 Å². The standard InChI is InChI=1S/C9H9ClN2O4/c10-6-3-5(4-13)16-8(6)12-2-1-7(14)11-9(12)15/h1-2,4-6,8H,3H2,(H,11,14,15)/t5-,6+,8+/m0/s1. The maximum Gasteiger partial charge on any atom is 0.330 e. The minimum atomic E-state index is -0.721. The molecule has 1 aliphatic heterocycles. The zero-order chi connectivity index (χ0) is 11.7. The summed E-state index contributed by atoms with van der Waals surface area (Å²) in [6.45, 7) is 0. The van der Waals surface area contributed by atoms with Crippen LogP contribution in [0.25, 0.3) is 0 Å². The lowest BCUT2D eigenvalue weighted by Crippen LogP contribution is -2.33. The third-order valence-electron chi connectivity index (χ3n) is 2.36. The predicted molar refractivity (Wildman–Crippen MR) is 55.6 cm³/mol. The second-order valence-corrected chi connectivity index (χ2v) is 4.03. The summed E-state index contributed by atoms with van der Waals surface area (Å²) in [5, 5.41) is -0.473. The molecule has 1 fully saturated rings. The SMILES string of the molecule is O=C[C@@H]1C[C@@H](Cl)[C@H](n2ccc(=O)[nH]c2=O)O1. The summed E-state index contributed by atoms with van der Waals surface area (Å²) in [6, 6.07) is 1.20. The average Bonchev–Trinajstić information content (AvgIpc) is 2.60. The first-order valence-corrected chi connectivity index (χ1v) is 5.12. The molecule has 1 saturated heterocycles. The summed E-state index contributed by atoms with van der Waals surface area (Å²) >= 11 is 5.96. The molecule has 1 N–H and O–H groups in total. The molecule has 0 saturated carbocycles. The van der Waals surface area contributed by atoms with Crippen molar-refractivity contribution in [3.63, 3.8) is 0 Å². The molecule has 1 aromatic heterocycles. The van der Waals surface area contributed by atoms with Crippen LogP contribution < -0.4 is 11.2 Å². The molecule has 16 heavy (non-hydrogen) atoms. The van der Waals surface area contributed by atoms with Gasteiger partial charge < -0.3 is 9.53 Å². The Kier molecular flexibility index (Phi) is 2.93. The Morgan fingerprint density at radius 3 is 2.88 bits per heavy atom. The van der Waals surface area contributed by atoms with Gasteiger partial charge in [0, 0.05) is 18.7 Å². The lowest BCUT2D eigenvalue weighted by Gasteiger charge is -2.15. The van der Waals surface area contributed by atoms with Crippen molar-refractivity contribution in [2.24, 2.45) is 0 Å². The van der Waals surface area contributed by atoms with E-state index in [9.17, 15) is 14.4 Å². The van der Waals surface area contributed by atoms with Gasteiger partial charge in [-0.25, -0.2) is 4.79 Å². The Morgan fingerprint density at radius 2 is 2.31 bits per heavy atom. The number of rotatable bonds is 2. The Bertz CT molecular complexity index is 509. The fraction of sp³-hybridized carbons (Fsp3) is 0.444. The predicted octanol–water partition coefficient (Wildman–Crippen LogP) is -0.370. The Labute approximate surface area is 94.8 Å². The quantitative estimate of drug-likeness (QED) is 0.569. The van der Waals surface area contributed by atoms with E-state index in [-0.39, 0.29) is 0 Å². The molecule has 0 bridgehead atoms. The normalized spacial score (nSPS) is 29.2. The van der Waals surface area contributed by atoms with Gasteiger partial charge in [-0.15, -0.1) is 11.6 Å². The molecule has 0 aliphatic carbocycles. The number of nitrogens with zero attached hydrogens (tertiary/aromatic N) is 1. The number of carbonyl (C=O) groups is 1. The number of aromatic nitrogens is 2. The van der Waals surface area contributed by atoms with Gasteiger partial charge in [-0.05, 0) is 0 Å². The van der Waals surface area contributed by atoms with Crippen molar-refractivity contribution in [1.82, 2.24) is 9.55 Å². The van der Waals surface area contributed by atoms with Crippen molar-refractivity contribution in [3.8, 4) is 0 Å². The van der Waals surface area contributed by atoms with Crippen LogP contribution in [0.1, 0.15) is 12.6 Å². The smallest absolute Gasteiger partial charge is 0.330 e. The first-order valence-electron chi connectivity index (χ1n) is 4.68. The fourth-order valence-electron chi connectivity index (χ4n) is 1.61. The topological polar surface area (TPSA) is 81.2 Å². The number of H-pyrrole nitrogens is 1. The highest BCUT2D eigenvalue weighted by molar-refractivity contribution is 6.21.